The number of sulfonamides is 1. The van der Waals surface area contributed by atoms with E-state index in [9.17, 15) is 13.2 Å². The quantitative estimate of drug-likeness (QED) is 0.488. The van der Waals surface area contributed by atoms with Gasteiger partial charge in [0.2, 0.25) is 15.8 Å². The molecule has 0 amide bonds. The van der Waals surface area contributed by atoms with E-state index in [1.165, 1.54) is 11.3 Å². The van der Waals surface area contributed by atoms with Gasteiger partial charge in [0.1, 0.15) is 4.88 Å². The number of carbonyl (C=O) groups is 1. The van der Waals surface area contributed by atoms with E-state index in [-0.39, 0.29) is 19.0 Å². The lowest BCUT2D eigenvalue weighted by molar-refractivity contribution is 0.0435. The second-order valence-corrected chi connectivity index (χ2v) is 9.70. The van der Waals surface area contributed by atoms with Crippen molar-refractivity contribution >= 4 is 43.3 Å². The van der Waals surface area contributed by atoms with Crippen LogP contribution in [-0.2, 0) is 27.8 Å². The Kier molecular flexibility index (Phi) is 6.60. The summed E-state index contributed by atoms with van der Waals surface area (Å²) in [5.74, 6) is 0.0936. The normalized spacial score (nSPS) is 11.5. The number of hydrogen-bond acceptors (Lipinski definition) is 8. The molecule has 11 heteroatoms. The molecule has 0 bridgehead atoms. The van der Waals surface area contributed by atoms with Crippen molar-refractivity contribution in [1.29, 1.82) is 0 Å². The predicted octanol–water partition coefficient (Wildman–Crippen LogP) is 3.01. The van der Waals surface area contributed by atoms with E-state index >= 15 is 0 Å². The molecule has 2 heterocycles. The molecule has 1 N–H and O–H groups in total. The first-order valence-corrected chi connectivity index (χ1v) is 11.6. The molecule has 0 aliphatic heterocycles. The summed E-state index contributed by atoms with van der Waals surface area (Å²) in [7, 11) is -3.23. The highest BCUT2D eigenvalue weighted by Crippen LogP contribution is 2.21. The van der Waals surface area contributed by atoms with Crippen LogP contribution in [0.25, 0.3) is 11.4 Å². The Labute approximate surface area is 174 Å². The smallest absolute Gasteiger partial charge is 0.348 e. The molecule has 148 valence electrons. The molecule has 0 fully saturated rings. The van der Waals surface area contributed by atoms with Crippen molar-refractivity contribution in [3.63, 3.8) is 0 Å². The Morgan fingerprint density at radius 1 is 1.32 bits per heavy atom. The molecule has 0 aliphatic rings. The van der Waals surface area contributed by atoms with Crippen molar-refractivity contribution in [3.05, 3.63) is 56.5 Å². The molecule has 28 heavy (non-hydrogen) atoms. The van der Waals surface area contributed by atoms with Crippen molar-refractivity contribution < 1.29 is 22.5 Å². The molecule has 0 radical (unpaired) electrons. The molecule has 0 saturated heterocycles. The lowest BCUT2D eigenvalue weighted by Gasteiger charge is -2.00. The van der Waals surface area contributed by atoms with Gasteiger partial charge in [0.15, 0.2) is 6.61 Å². The zero-order valence-electron chi connectivity index (χ0n) is 14.7. The number of nitrogens with zero attached hydrogens (tertiary/aromatic N) is 2. The van der Waals surface area contributed by atoms with Gasteiger partial charge in [0.25, 0.3) is 5.89 Å². The van der Waals surface area contributed by atoms with Gasteiger partial charge in [-0.3, -0.25) is 0 Å². The van der Waals surface area contributed by atoms with Gasteiger partial charge >= 0.3 is 5.97 Å². The SMILES string of the molecule is CS(=O)(=O)NCCc1ccc(C(=O)OCc2nc(-c3cccc(Br)c3)no2)s1. The number of thiophene rings is 1. The number of hydrogen-bond donors (Lipinski definition) is 1. The average Bonchev–Trinajstić information content (AvgIpc) is 3.28. The zero-order valence-corrected chi connectivity index (χ0v) is 17.9. The van der Waals surface area contributed by atoms with Gasteiger partial charge < -0.3 is 9.26 Å². The summed E-state index contributed by atoms with van der Waals surface area (Å²) in [6.07, 6.45) is 1.59. The standard InChI is InChI=1S/C17H16BrN3O5S2/c1-28(23,24)19-8-7-13-5-6-14(27-13)17(22)25-10-15-20-16(21-26-15)11-3-2-4-12(18)9-11/h2-6,9,19H,7-8,10H2,1H3. The maximum atomic E-state index is 12.2. The second-order valence-electron chi connectivity index (χ2n) is 5.78. The van der Waals surface area contributed by atoms with Crippen LogP contribution < -0.4 is 4.72 Å². The molecule has 3 aromatic rings. The molecular weight excluding hydrogens is 470 g/mol. The molecule has 0 atom stereocenters. The first-order valence-electron chi connectivity index (χ1n) is 8.09. The van der Waals surface area contributed by atoms with Crippen LogP contribution >= 0.6 is 27.3 Å². The van der Waals surface area contributed by atoms with Crippen LogP contribution in [0.2, 0.25) is 0 Å². The van der Waals surface area contributed by atoms with Crippen LogP contribution in [0.3, 0.4) is 0 Å². The van der Waals surface area contributed by atoms with Crippen molar-refractivity contribution in [2.24, 2.45) is 0 Å². The highest BCUT2D eigenvalue weighted by molar-refractivity contribution is 9.10. The third kappa shape index (κ3) is 5.96. The average molecular weight is 486 g/mol. The number of halogens is 1. The lowest BCUT2D eigenvalue weighted by atomic mass is 10.2. The van der Waals surface area contributed by atoms with Gasteiger partial charge in [-0.2, -0.15) is 4.98 Å². The number of carbonyl (C=O) groups excluding carboxylic acids is 1. The summed E-state index contributed by atoms with van der Waals surface area (Å²) in [6.45, 7) is 0.136. The van der Waals surface area contributed by atoms with E-state index in [1.807, 2.05) is 24.3 Å². The van der Waals surface area contributed by atoms with Gasteiger partial charge in [0.05, 0.1) is 6.26 Å². The molecule has 2 aromatic heterocycles. The number of nitrogens with one attached hydrogen (secondary N) is 1. The maximum Gasteiger partial charge on any atom is 0.348 e. The summed E-state index contributed by atoms with van der Waals surface area (Å²) < 4.78 is 35.8. The first kappa shape index (κ1) is 20.6. The van der Waals surface area contributed by atoms with E-state index < -0.39 is 16.0 Å². The number of rotatable bonds is 8. The van der Waals surface area contributed by atoms with E-state index in [0.29, 0.717) is 17.1 Å². The maximum absolute atomic E-state index is 12.2. The Bertz CT molecular complexity index is 1080. The minimum atomic E-state index is -3.23. The third-order valence-corrected chi connectivity index (χ3v) is 5.82. The fourth-order valence-electron chi connectivity index (χ4n) is 2.24. The number of esters is 1. The minimum absolute atomic E-state index is 0.136. The fraction of sp³-hybridized carbons (Fsp3) is 0.235. The van der Waals surface area contributed by atoms with Crippen molar-refractivity contribution in [3.8, 4) is 11.4 Å². The lowest BCUT2D eigenvalue weighted by Crippen LogP contribution is -2.23. The topological polar surface area (TPSA) is 111 Å². The minimum Gasteiger partial charge on any atom is -0.451 e. The molecule has 8 nitrogen and oxygen atoms in total. The molecule has 0 aliphatic carbocycles. The van der Waals surface area contributed by atoms with Gasteiger partial charge in [-0.1, -0.05) is 33.2 Å². The Morgan fingerprint density at radius 3 is 2.89 bits per heavy atom. The van der Waals surface area contributed by atoms with E-state index in [4.69, 9.17) is 9.26 Å². The van der Waals surface area contributed by atoms with Crippen LogP contribution in [0.15, 0.2) is 45.4 Å². The molecule has 0 unspecified atom stereocenters. The summed E-state index contributed by atoms with van der Waals surface area (Å²) >= 11 is 4.63. The van der Waals surface area contributed by atoms with Gasteiger partial charge in [-0.15, -0.1) is 11.3 Å². The largest absolute Gasteiger partial charge is 0.451 e. The Hall–Kier alpha value is -2.08. The Morgan fingerprint density at radius 2 is 2.14 bits per heavy atom. The van der Waals surface area contributed by atoms with Gasteiger partial charge in [0, 0.05) is 21.5 Å². The number of benzene rings is 1. The van der Waals surface area contributed by atoms with Crippen LogP contribution in [0, 0.1) is 0 Å². The summed E-state index contributed by atoms with van der Waals surface area (Å²) in [5, 5.41) is 3.88. The molecule has 1 aromatic carbocycles. The summed E-state index contributed by atoms with van der Waals surface area (Å²) in [6, 6.07) is 10.9. The molecule has 0 saturated carbocycles. The van der Waals surface area contributed by atoms with Gasteiger partial charge in [-0.25, -0.2) is 17.9 Å². The van der Waals surface area contributed by atoms with Crippen molar-refractivity contribution in [1.82, 2.24) is 14.9 Å². The highest BCUT2D eigenvalue weighted by atomic mass is 79.9. The van der Waals surface area contributed by atoms with Crippen LogP contribution in [0.1, 0.15) is 20.4 Å². The first-order chi connectivity index (χ1) is 13.3. The van der Waals surface area contributed by atoms with Crippen molar-refractivity contribution in [2.75, 3.05) is 12.8 Å². The zero-order chi connectivity index (χ0) is 20.1. The van der Waals surface area contributed by atoms with Crippen LogP contribution in [0.5, 0.6) is 0 Å². The Balaban J connectivity index is 1.53. The number of aromatic nitrogens is 2. The van der Waals surface area contributed by atoms with E-state index in [0.717, 1.165) is 21.2 Å². The highest BCUT2D eigenvalue weighted by Gasteiger charge is 2.15. The second kappa shape index (κ2) is 8.95. The van der Waals surface area contributed by atoms with Gasteiger partial charge in [-0.05, 0) is 30.7 Å². The molecule has 0 spiro atoms. The monoisotopic (exact) mass is 485 g/mol. The third-order valence-electron chi connectivity index (χ3n) is 3.48. The summed E-state index contributed by atoms with van der Waals surface area (Å²) in [4.78, 5) is 17.7. The molecular formula is C17H16BrN3O5S2. The van der Waals surface area contributed by atoms with E-state index in [1.54, 1.807) is 12.1 Å². The fourth-order valence-corrected chi connectivity index (χ4v) is 4.01. The predicted molar refractivity (Wildman–Crippen MR) is 107 cm³/mol. The molecule has 3 rings (SSSR count). The van der Waals surface area contributed by atoms with Crippen molar-refractivity contribution in [2.45, 2.75) is 13.0 Å². The number of ether oxygens (including phenoxy) is 1. The van der Waals surface area contributed by atoms with Crippen LogP contribution in [0.4, 0.5) is 0 Å². The van der Waals surface area contributed by atoms with Crippen LogP contribution in [-0.4, -0.2) is 37.3 Å². The summed E-state index contributed by atoms with van der Waals surface area (Å²) in [5.41, 5.74) is 0.779. The van der Waals surface area contributed by atoms with E-state index in [2.05, 4.69) is 30.8 Å².